The van der Waals surface area contributed by atoms with E-state index in [2.05, 4.69) is 0 Å². The van der Waals surface area contributed by atoms with Crippen LogP contribution in [0.15, 0.2) is 42.5 Å². The van der Waals surface area contributed by atoms with Crippen molar-refractivity contribution in [2.75, 3.05) is 27.4 Å². The molecule has 2 aromatic rings. The van der Waals surface area contributed by atoms with Gasteiger partial charge in [0.05, 0.1) is 26.9 Å². The summed E-state index contributed by atoms with van der Waals surface area (Å²) in [6.07, 6.45) is -12.1. The number of phenolic OH excluding ortho intramolecular Hbond substituents is 2. The fourth-order valence-electron chi connectivity index (χ4n) is 5.58. The van der Waals surface area contributed by atoms with E-state index in [-0.39, 0.29) is 36.0 Å². The summed E-state index contributed by atoms with van der Waals surface area (Å²) in [6, 6.07) is 9.10. The van der Waals surface area contributed by atoms with Gasteiger partial charge in [0, 0.05) is 19.9 Å². The molecule has 0 amide bonds. The molecule has 2 aromatic carbocycles. The molecule has 0 bridgehead atoms. The fraction of sp³-hybridized carbons (Fsp3) is 0.514. The first-order valence-corrected chi connectivity index (χ1v) is 16.3. The number of phenols is 2. The van der Waals surface area contributed by atoms with Crippen LogP contribution >= 0.6 is 0 Å². The van der Waals surface area contributed by atoms with Gasteiger partial charge in [0.15, 0.2) is 47.8 Å². The molecule has 2 saturated heterocycles. The summed E-state index contributed by atoms with van der Waals surface area (Å²) in [5.74, 6) is -2.22. The molecule has 17 nitrogen and oxygen atoms in total. The van der Waals surface area contributed by atoms with Gasteiger partial charge in [-0.15, -0.1) is 0 Å². The van der Waals surface area contributed by atoms with Crippen LogP contribution in [0.25, 0.3) is 6.08 Å². The summed E-state index contributed by atoms with van der Waals surface area (Å²) in [6.45, 7) is 3.01. The molecule has 52 heavy (non-hydrogen) atoms. The Hall–Kier alpha value is -4.49. The summed E-state index contributed by atoms with van der Waals surface area (Å²) in [5, 5.41) is 52.4. The number of hydrogen-bond acceptors (Lipinski definition) is 17. The highest BCUT2D eigenvalue weighted by molar-refractivity contribution is 5.87. The largest absolute Gasteiger partial charge is 0.504 e. The van der Waals surface area contributed by atoms with Crippen molar-refractivity contribution in [1.82, 2.24) is 0 Å². The van der Waals surface area contributed by atoms with E-state index in [1.54, 1.807) is 12.1 Å². The summed E-state index contributed by atoms with van der Waals surface area (Å²) >= 11 is 0. The summed E-state index contributed by atoms with van der Waals surface area (Å²) in [4.78, 5) is 37.0. The lowest BCUT2D eigenvalue weighted by molar-refractivity contribution is -0.358. The first kappa shape index (κ1) is 40.3. The van der Waals surface area contributed by atoms with Crippen LogP contribution in [-0.4, -0.2) is 132 Å². The smallest absolute Gasteiger partial charge is 0.330 e. The van der Waals surface area contributed by atoms with Crippen LogP contribution in [0.1, 0.15) is 31.9 Å². The number of aliphatic hydroxyl groups excluding tert-OH is 3. The second-order valence-electron chi connectivity index (χ2n) is 12.0. The second kappa shape index (κ2) is 18.3. The number of aliphatic hydroxyl groups is 3. The third-order valence-electron chi connectivity index (χ3n) is 8.22. The highest BCUT2D eigenvalue weighted by Crippen LogP contribution is 2.33. The van der Waals surface area contributed by atoms with Gasteiger partial charge in [0.1, 0.15) is 37.1 Å². The first-order chi connectivity index (χ1) is 24.7. The Bertz CT molecular complexity index is 1560. The molecule has 0 radical (unpaired) electrons. The minimum absolute atomic E-state index is 0.0517. The molecule has 0 aromatic heterocycles. The molecule has 2 heterocycles. The normalized spacial score (nSPS) is 28.9. The average Bonchev–Trinajstić information content (AvgIpc) is 3.10. The van der Waals surface area contributed by atoms with Crippen molar-refractivity contribution in [1.29, 1.82) is 0 Å². The third kappa shape index (κ3) is 10.3. The van der Waals surface area contributed by atoms with Crippen LogP contribution in [0, 0.1) is 0 Å². The van der Waals surface area contributed by atoms with E-state index in [4.69, 9.17) is 42.6 Å². The van der Waals surface area contributed by atoms with E-state index in [9.17, 15) is 39.9 Å². The molecule has 0 saturated carbocycles. The Morgan fingerprint density at radius 1 is 0.788 bits per heavy atom. The topological polar surface area (TPSA) is 235 Å². The zero-order chi connectivity index (χ0) is 38.1. The molecule has 2 fully saturated rings. The summed E-state index contributed by atoms with van der Waals surface area (Å²) in [7, 11) is 2.77. The molecular weight excluding hydrogens is 692 g/mol. The quantitative estimate of drug-likeness (QED) is 0.102. The zero-order valence-corrected chi connectivity index (χ0v) is 29.1. The van der Waals surface area contributed by atoms with Crippen LogP contribution < -0.4 is 9.47 Å². The molecule has 17 heteroatoms. The van der Waals surface area contributed by atoms with E-state index in [0.717, 1.165) is 19.9 Å². The number of aromatic hydroxyl groups is 2. The standard InChI is InChI=1S/C35H44O17/c1-17-28(41)29(42)33(50-19(3)37)35(48-17)52-32-30(43)34(46-13-12-21-7-10-23(39)25(15-21)45-5)51-26(31(32)49-18(2)36)16-47-27(40)11-8-20-6-9-22(38)24(14-20)44-4/h6-11,14-15,17,26,28-35,38-39,41-43H,12-13,16H2,1-5H3. The van der Waals surface area contributed by atoms with Crippen molar-refractivity contribution in [2.24, 2.45) is 0 Å². The number of methoxy groups -OCH3 is 2. The van der Waals surface area contributed by atoms with Crippen molar-refractivity contribution in [2.45, 2.75) is 88.6 Å². The number of hydrogen-bond donors (Lipinski definition) is 5. The molecule has 10 atom stereocenters. The number of rotatable bonds is 14. The van der Waals surface area contributed by atoms with Crippen molar-refractivity contribution in [3.63, 3.8) is 0 Å². The zero-order valence-electron chi connectivity index (χ0n) is 29.1. The van der Waals surface area contributed by atoms with Crippen LogP contribution in [-0.2, 0) is 54.0 Å². The van der Waals surface area contributed by atoms with E-state index in [0.29, 0.717) is 11.1 Å². The van der Waals surface area contributed by atoms with Crippen molar-refractivity contribution < 1.29 is 82.5 Å². The monoisotopic (exact) mass is 736 g/mol. The van der Waals surface area contributed by atoms with Crippen LogP contribution in [0.4, 0.5) is 0 Å². The minimum Gasteiger partial charge on any atom is -0.504 e. The summed E-state index contributed by atoms with van der Waals surface area (Å²) in [5.41, 5.74) is 1.21. The van der Waals surface area contributed by atoms with Gasteiger partial charge >= 0.3 is 17.9 Å². The Balaban J connectivity index is 1.58. The predicted octanol–water partition coefficient (Wildman–Crippen LogP) is 0.732. The lowest BCUT2D eigenvalue weighted by atomic mass is 9.96. The van der Waals surface area contributed by atoms with Crippen LogP contribution in [0.3, 0.4) is 0 Å². The van der Waals surface area contributed by atoms with E-state index in [1.165, 1.54) is 51.5 Å². The SMILES string of the molecule is COc1cc(C=CC(=O)OCC2OC(OCCc3ccc(O)c(OC)c3)C(O)C(OC3OC(C)C(O)C(O)C3OC(C)=O)C2OC(C)=O)ccc1O. The molecule has 0 spiro atoms. The second-order valence-corrected chi connectivity index (χ2v) is 12.0. The van der Waals surface area contributed by atoms with E-state index < -0.39 is 85.9 Å². The summed E-state index contributed by atoms with van der Waals surface area (Å²) < 4.78 is 50.1. The molecule has 4 rings (SSSR count). The van der Waals surface area contributed by atoms with Gasteiger partial charge in [-0.1, -0.05) is 12.1 Å². The van der Waals surface area contributed by atoms with E-state index in [1.807, 2.05) is 0 Å². The molecular formula is C35H44O17. The van der Waals surface area contributed by atoms with Crippen molar-refractivity contribution in [3.05, 3.63) is 53.6 Å². The van der Waals surface area contributed by atoms with Crippen LogP contribution in [0.2, 0.25) is 0 Å². The van der Waals surface area contributed by atoms with Crippen LogP contribution in [0.5, 0.6) is 23.0 Å². The van der Waals surface area contributed by atoms with Gasteiger partial charge in [-0.25, -0.2) is 4.79 Å². The Kier molecular flexibility index (Phi) is 14.2. The lowest BCUT2D eigenvalue weighted by Crippen LogP contribution is -2.65. The maximum Gasteiger partial charge on any atom is 0.330 e. The third-order valence-corrected chi connectivity index (χ3v) is 8.22. The molecule has 2 aliphatic heterocycles. The maximum atomic E-state index is 12.8. The van der Waals surface area contributed by atoms with Gasteiger partial charge in [-0.05, 0) is 54.8 Å². The number of esters is 3. The average molecular weight is 737 g/mol. The Morgan fingerprint density at radius 3 is 2.08 bits per heavy atom. The maximum absolute atomic E-state index is 12.8. The number of carbonyl (C=O) groups excluding carboxylic acids is 3. The van der Waals surface area contributed by atoms with Gasteiger partial charge in [-0.2, -0.15) is 0 Å². The molecule has 286 valence electrons. The lowest BCUT2D eigenvalue weighted by Gasteiger charge is -2.47. The van der Waals surface area contributed by atoms with Gasteiger partial charge in [0.2, 0.25) is 0 Å². The van der Waals surface area contributed by atoms with Crippen molar-refractivity contribution in [3.8, 4) is 23.0 Å². The molecule has 10 unspecified atom stereocenters. The highest BCUT2D eigenvalue weighted by Gasteiger charge is 2.53. The Morgan fingerprint density at radius 2 is 1.42 bits per heavy atom. The van der Waals surface area contributed by atoms with Gasteiger partial charge in [0.25, 0.3) is 0 Å². The van der Waals surface area contributed by atoms with Gasteiger partial charge < -0.3 is 68.2 Å². The molecule has 0 aliphatic carbocycles. The predicted molar refractivity (Wildman–Crippen MR) is 176 cm³/mol. The number of carbonyl (C=O) groups is 3. The van der Waals surface area contributed by atoms with Gasteiger partial charge in [-0.3, -0.25) is 9.59 Å². The Labute approximate surface area is 299 Å². The number of benzene rings is 2. The molecule has 5 N–H and O–H groups in total. The fourth-order valence-corrected chi connectivity index (χ4v) is 5.58. The van der Waals surface area contributed by atoms with E-state index >= 15 is 0 Å². The highest BCUT2D eigenvalue weighted by atomic mass is 16.8. The van der Waals surface area contributed by atoms with Crippen molar-refractivity contribution >= 4 is 24.0 Å². The minimum atomic E-state index is -1.71. The first-order valence-electron chi connectivity index (χ1n) is 16.3. The number of ether oxygens (including phenoxy) is 9. The molecule has 2 aliphatic rings.